The van der Waals surface area contributed by atoms with E-state index in [1.165, 1.54) is 34.4 Å². The highest BCUT2D eigenvalue weighted by atomic mass is 32.2. The first-order valence-electron chi connectivity index (χ1n) is 13.1. The molecule has 1 aromatic heterocycles. The Balaban J connectivity index is 1.33. The summed E-state index contributed by atoms with van der Waals surface area (Å²) in [6.07, 6.45) is 1.61. The molecule has 1 N–H and O–H groups in total. The van der Waals surface area contributed by atoms with Crippen molar-refractivity contribution in [1.29, 1.82) is 0 Å². The van der Waals surface area contributed by atoms with Crippen LogP contribution >= 0.6 is 11.3 Å². The number of ether oxygens (including phenoxy) is 3. The van der Waals surface area contributed by atoms with Crippen LogP contribution in [0.3, 0.4) is 0 Å². The molecule has 3 aliphatic heterocycles. The minimum absolute atomic E-state index is 0.00624. The molecule has 0 saturated carbocycles. The average molecular weight is 598 g/mol. The third-order valence-corrected chi connectivity index (χ3v) is 9.91. The number of sulfonamides is 1. The molecule has 0 spiro atoms. The van der Waals surface area contributed by atoms with Crippen LogP contribution in [0.15, 0.2) is 64.9 Å². The van der Waals surface area contributed by atoms with Crippen LogP contribution in [-0.2, 0) is 30.9 Å². The Kier molecular flexibility index (Phi) is 7.41. The van der Waals surface area contributed by atoms with Crippen molar-refractivity contribution in [3.8, 4) is 11.5 Å². The molecule has 6 rings (SSSR count). The first-order valence-corrected chi connectivity index (χ1v) is 15.4. The van der Waals surface area contributed by atoms with Gasteiger partial charge in [-0.3, -0.25) is 14.4 Å². The Morgan fingerprint density at radius 2 is 1.93 bits per heavy atom. The molecule has 3 amide bonds. The first-order chi connectivity index (χ1) is 19.8. The summed E-state index contributed by atoms with van der Waals surface area (Å²) in [5.74, 6) is -0.873. The lowest BCUT2D eigenvalue weighted by molar-refractivity contribution is -0.141. The lowest BCUT2D eigenvalue weighted by atomic mass is 10.1. The predicted octanol–water partition coefficient (Wildman–Crippen LogP) is 2.69. The molecular weight excluding hydrogens is 570 g/mol. The Morgan fingerprint density at radius 3 is 2.68 bits per heavy atom. The van der Waals surface area contributed by atoms with Crippen molar-refractivity contribution in [2.75, 3.05) is 26.5 Å². The van der Waals surface area contributed by atoms with E-state index in [9.17, 15) is 22.8 Å². The quantitative estimate of drug-likeness (QED) is 0.398. The van der Waals surface area contributed by atoms with Gasteiger partial charge in [-0.1, -0.05) is 24.3 Å². The summed E-state index contributed by atoms with van der Waals surface area (Å²) in [7, 11) is -4.24. The predicted molar refractivity (Wildman–Crippen MR) is 147 cm³/mol. The van der Waals surface area contributed by atoms with Crippen LogP contribution in [0.4, 0.5) is 0 Å². The number of hydrogen-bond donors (Lipinski definition) is 1. The van der Waals surface area contributed by atoms with E-state index < -0.39 is 40.3 Å². The minimum atomic E-state index is -4.24. The molecule has 214 valence electrons. The molecule has 2 aromatic carbocycles. The number of nitrogens with one attached hydrogen (secondary N) is 1. The number of thiophene rings is 1. The molecule has 3 aromatic rings. The van der Waals surface area contributed by atoms with E-state index in [-0.39, 0.29) is 36.4 Å². The van der Waals surface area contributed by atoms with Crippen LogP contribution < -0.4 is 14.8 Å². The third kappa shape index (κ3) is 5.27. The van der Waals surface area contributed by atoms with Gasteiger partial charge in [0.25, 0.3) is 15.9 Å². The molecule has 0 unspecified atom stereocenters. The van der Waals surface area contributed by atoms with Gasteiger partial charge in [-0.2, -0.15) is 0 Å². The molecule has 0 aliphatic carbocycles. The highest BCUT2D eigenvalue weighted by Crippen LogP contribution is 2.35. The highest BCUT2D eigenvalue weighted by molar-refractivity contribution is 7.90. The molecule has 11 nitrogen and oxygen atoms in total. The van der Waals surface area contributed by atoms with Crippen molar-refractivity contribution >= 4 is 39.1 Å². The third-order valence-electron chi connectivity index (χ3n) is 7.20. The van der Waals surface area contributed by atoms with Crippen molar-refractivity contribution in [2.24, 2.45) is 0 Å². The maximum atomic E-state index is 14.0. The van der Waals surface area contributed by atoms with Gasteiger partial charge in [-0.05, 0) is 54.1 Å². The Bertz CT molecular complexity index is 1590. The number of carbonyl (C=O) groups excluding carboxylic acids is 3. The van der Waals surface area contributed by atoms with E-state index in [0.717, 1.165) is 12.8 Å². The Labute approximate surface area is 240 Å². The van der Waals surface area contributed by atoms with Gasteiger partial charge in [0.2, 0.25) is 18.6 Å². The smallest absolute Gasteiger partial charge is 0.269 e. The van der Waals surface area contributed by atoms with E-state index in [0.29, 0.717) is 32.9 Å². The van der Waals surface area contributed by atoms with Gasteiger partial charge >= 0.3 is 0 Å². The van der Waals surface area contributed by atoms with Crippen LogP contribution in [-0.4, -0.2) is 67.9 Å². The minimum Gasteiger partial charge on any atom is -0.454 e. The number of carbonyl (C=O) groups is 3. The van der Waals surface area contributed by atoms with Gasteiger partial charge in [0, 0.05) is 24.6 Å². The fraction of sp³-hybridized carbons (Fsp3) is 0.321. The fourth-order valence-corrected chi connectivity index (χ4v) is 7.50. The van der Waals surface area contributed by atoms with Crippen LogP contribution in [0.2, 0.25) is 0 Å². The number of nitrogens with zero attached hydrogens (tertiary/aromatic N) is 2. The zero-order valence-corrected chi connectivity index (χ0v) is 23.5. The summed E-state index contributed by atoms with van der Waals surface area (Å²) in [5, 5.41) is 4.71. The molecular formula is C28H27N3O8S2. The van der Waals surface area contributed by atoms with Crippen molar-refractivity contribution in [3.05, 3.63) is 76.0 Å². The van der Waals surface area contributed by atoms with E-state index in [4.69, 9.17) is 14.2 Å². The van der Waals surface area contributed by atoms with Crippen LogP contribution in [0.25, 0.3) is 0 Å². The standard InChI is InChI=1S/C28H27N3O8S2/c32-25(16-31-28(34)20-6-1-2-8-24(20)41(31,35)36)30(15-18-9-10-21-22(13-18)39-17-38-21)26(23-7-4-12-40-23)27(33)29-14-19-5-3-11-37-19/h1-2,4,6-10,12-13,19,26H,3,5,11,14-17H2,(H,29,33)/t19-,26-/m0/s1. The van der Waals surface area contributed by atoms with Crippen molar-refractivity contribution < 1.29 is 37.0 Å². The van der Waals surface area contributed by atoms with E-state index in [1.807, 2.05) is 0 Å². The zero-order valence-electron chi connectivity index (χ0n) is 21.9. The monoisotopic (exact) mass is 597 g/mol. The van der Waals surface area contributed by atoms with Crippen molar-refractivity contribution in [3.63, 3.8) is 0 Å². The van der Waals surface area contributed by atoms with E-state index in [2.05, 4.69) is 5.32 Å². The van der Waals surface area contributed by atoms with Gasteiger partial charge in [0.15, 0.2) is 11.5 Å². The van der Waals surface area contributed by atoms with E-state index in [1.54, 1.807) is 41.8 Å². The lowest BCUT2D eigenvalue weighted by Gasteiger charge is -2.32. The van der Waals surface area contributed by atoms with Gasteiger partial charge < -0.3 is 24.4 Å². The number of rotatable bonds is 9. The second kappa shape index (κ2) is 11.1. The summed E-state index contributed by atoms with van der Waals surface area (Å²) in [4.78, 5) is 42.6. The summed E-state index contributed by atoms with van der Waals surface area (Å²) in [6, 6.07) is 13.4. The molecule has 0 radical (unpaired) electrons. The summed E-state index contributed by atoms with van der Waals surface area (Å²) in [6.45, 7) is 0.160. The number of fused-ring (bicyclic) bond motifs is 2. The highest BCUT2D eigenvalue weighted by Gasteiger charge is 2.44. The Morgan fingerprint density at radius 1 is 1.10 bits per heavy atom. The molecule has 3 aliphatic rings. The van der Waals surface area contributed by atoms with Crippen molar-refractivity contribution in [1.82, 2.24) is 14.5 Å². The fourth-order valence-electron chi connectivity index (χ4n) is 5.15. The topological polar surface area (TPSA) is 132 Å². The number of hydrogen-bond acceptors (Lipinski definition) is 9. The molecule has 1 fully saturated rings. The van der Waals surface area contributed by atoms with Gasteiger partial charge in [-0.15, -0.1) is 11.3 Å². The maximum Gasteiger partial charge on any atom is 0.269 e. The lowest BCUT2D eigenvalue weighted by Crippen LogP contribution is -2.48. The average Bonchev–Trinajstić information content (AvgIpc) is 3.78. The molecule has 4 heterocycles. The van der Waals surface area contributed by atoms with E-state index >= 15 is 0 Å². The van der Waals surface area contributed by atoms with Crippen LogP contribution in [0.5, 0.6) is 11.5 Å². The molecule has 0 bridgehead atoms. The summed E-state index contributed by atoms with van der Waals surface area (Å²) >= 11 is 1.30. The Hall–Kier alpha value is -3.94. The van der Waals surface area contributed by atoms with Crippen molar-refractivity contribution in [2.45, 2.75) is 36.4 Å². The number of amides is 3. The number of benzene rings is 2. The second-order valence-electron chi connectivity index (χ2n) is 9.82. The van der Waals surface area contributed by atoms with Gasteiger partial charge in [0.1, 0.15) is 17.5 Å². The SMILES string of the molecule is O=C(NC[C@@H]1CCCO1)[C@H](c1cccs1)N(Cc1ccc2c(c1)OCO2)C(=O)CN1C(=O)c2ccccc2S1(=O)=O. The zero-order chi connectivity index (χ0) is 28.6. The first kappa shape index (κ1) is 27.2. The van der Waals surface area contributed by atoms with Gasteiger partial charge in [0.05, 0.1) is 11.7 Å². The maximum absolute atomic E-state index is 14.0. The van der Waals surface area contributed by atoms with Gasteiger partial charge in [-0.25, -0.2) is 12.7 Å². The largest absolute Gasteiger partial charge is 0.454 e. The van der Waals surface area contributed by atoms with Crippen LogP contribution in [0.1, 0.15) is 39.7 Å². The summed E-state index contributed by atoms with van der Waals surface area (Å²) in [5.41, 5.74) is 0.640. The molecule has 13 heteroatoms. The molecule has 1 saturated heterocycles. The van der Waals surface area contributed by atoms with Crippen LogP contribution in [0, 0.1) is 0 Å². The molecule has 2 atom stereocenters. The summed E-state index contributed by atoms with van der Waals surface area (Å²) < 4.78 is 43.6. The second-order valence-corrected chi connectivity index (χ2v) is 12.6. The molecule has 41 heavy (non-hydrogen) atoms. The normalized spacial score (nSPS) is 19.2.